The molecule has 23 heavy (non-hydrogen) atoms. The number of ketones is 1. The first kappa shape index (κ1) is 16.1. The maximum Gasteiger partial charge on any atom is 0.161 e. The van der Waals surface area contributed by atoms with Crippen LogP contribution in [-0.2, 0) is 11.2 Å². The second-order valence-electron chi connectivity index (χ2n) is 6.91. The summed E-state index contributed by atoms with van der Waals surface area (Å²) in [4.78, 5) is 14.4. The lowest BCUT2D eigenvalue weighted by Crippen LogP contribution is -2.40. The minimum Gasteiger partial charge on any atom is -0.510 e. The average Bonchev–Trinajstić information content (AvgIpc) is 2.93. The number of hydrogen-bond donors (Lipinski definition) is 1. The largest absolute Gasteiger partial charge is 0.510 e. The van der Waals surface area contributed by atoms with Crippen LogP contribution in [-0.4, -0.2) is 23.5 Å². The Hall–Kier alpha value is -1.77. The number of hydrogen-bond acceptors (Lipinski definition) is 3. The number of carbonyl (C=O) groups excluding carboxylic acids is 1. The van der Waals surface area contributed by atoms with Gasteiger partial charge >= 0.3 is 0 Å². The van der Waals surface area contributed by atoms with Crippen LogP contribution in [0.2, 0.25) is 0 Å². The van der Waals surface area contributed by atoms with Gasteiger partial charge in [0.1, 0.15) is 5.76 Å². The molecular weight excluding hydrogens is 286 g/mol. The van der Waals surface area contributed by atoms with Gasteiger partial charge in [0.2, 0.25) is 0 Å². The number of rotatable bonds is 4. The van der Waals surface area contributed by atoms with E-state index in [0.717, 1.165) is 24.9 Å². The molecule has 0 spiro atoms. The van der Waals surface area contributed by atoms with Gasteiger partial charge in [-0.05, 0) is 49.8 Å². The highest BCUT2D eigenvalue weighted by atomic mass is 16.3. The minimum atomic E-state index is 0.0192. The first-order chi connectivity index (χ1) is 11.1. The fourth-order valence-corrected chi connectivity index (χ4v) is 4.20. The van der Waals surface area contributed by atoms with Crippen molar-refractivity contribution in [3.05, 3.63) is 41.2 Å². The molecule has 124 valence electrons. The van der Waals surface area contributed by atoms with Gasteiger partial charge in [0.15, 0.2) is 5.78 Å². The fourth-order valence-electron chi connectivity index (χ4n) is 4.20. The molecule has 0 saturated heterocycles. The van der Waals surface area contributed by atoms with Crippen LogP contribution in [0.25, 0.3) is 0 Å². The van der Waals surface area contributed by atoms with Gasteiger partial charge in [-0.1, -0.05) is 38.3 Å². The topological polar surface area (TPSA) is 40.5 Å². The lowest BCUT2D eigenvalue weighted by Gasteiger charge is -2.36. The maximum atomic E-state index is 12.1. The number of aryl methyl sites for hydroxylation is 1. The smallest absolute Gasteiger partial charge is 0.161 e. The Morgan fingerprint density at radius 1 is 1.17 bits per heavy atom. The maximum absolute atomic E-state index is 12.1. The Labute approximate surface area is 139 Å². The quantitative estimate of drug-likeness (QED) is 0.894. The number of nitrogens with zero attached hydrogens (tertiary/aromatic N) is 1. The highest BCUT2D eigenvalue weighted by Gasteiger charge is 2.40. The summed E-state index contributed by atoms with van der Waals surface area (Å²) in [6, 6.07) is 8.60. The average molecular weight is 313 g/mol. The first-order valence-electron chi connectivity index (χ1n) is 8.90. The van der Waals surface area contributed by atoms with Crippen LogP contribution >= 0.6 is 0 Å². The molecule has 3 nitrogen and oxygen atoms in total. The van der Waals surface area contributed by atoms with Crippen molar-refractivity contribution in [1.29, 1.82) is 0 Å². The Kier molecular flexibility index (Phi) is 4.74. The van der Waals surface area contributed by atoms with E-state index >= 15 is 0 Å². The molecular formula is C20H27NO2. The third-order valence-electron chi connectivity index (χ3n) is 5.41. The molecule has 0 amide bonds. The molecule has 3 rings (SSSR count). The van der Waals surface area contributed by atoms with E-state index in [2.05, 4.69) is 36.1 Å². The Morgan fingerprint density at radius 2 is 1.83 bits per heavy atom. The Balaban J connectivity index is 1.93. The van der Waals surface area contributed by atoms with Crippen molar-refractivity contribution in [3.8, 4) is 0 Å². The normalized spacial score (nSPS) is 22.7. The first-order valence-corrected chi connectivity index (χ1v) is 8.90. The molecule has 1 aromatic rings. The van der Waals surface area contributed by atoms with Gasteiger partial charge in [0.05, 0.1) is 18.2 Å². The number of carbonyl (C=O) groups is 1. The van der Waals surface area contributed by atoms with E-state index in [4.69, 9.17) is 0 Å². The van der Waals surface area contributed by atoms with E-state index in [1.165, 1.54) is 24.8 Å². The summed E-state index contributed by atoms with van der Waals surface area (Å²) in [5, 5.41) is 10.4. The second kappa shape index (κ2) is 6.77. The standard InChI is InChI=1S/C20H27NO2/c1-3-15-9-11-17(12-10-15)21-13-18(23)19(14(2)22)20(21)16-7-5-4-6-8-16/h9-12,16,20,23H,3-8,13H2,1-2H3. The molecule has 1 unspecified atom stereocenters. The molecule has 1 N–H and O–H groups in total. The van der Waals surface area contributed by atoms with E-state index in [1.54, 1.807) is 6.92 Å². The van der Waals surface area contributed by atoms with E-state index in [0.29, 0.717) is 18.0 Å². The van der Waals surface area contributed by atoms with Crippen molar-refractivity contribution in [2.75, 3.05) is 11.4 Å². The van der Waals surface area contributed by atoms with Gasteiger partial charge in [-0.3, -0.25) is 4.79 Å². The van der Waals surface area contributed by atoms with Gasteiger partial charge in [0, 0.05) is 5.69 Å². The van der Waals surface area contributed by atoms with E-state index in [9.17, 15) is 9.90 Å². The Bertz CT molecular complexity index is 597. The molecule has 1 fully saturated rings. The zero-order chi connectivity index (χ0) is 16.4. The van der Waals surface area contributed by atoms with Crippen LogP contribution in [0, 0.1) is 5.92 Å². The highest BCUT2D eigenvalue weighted by Crippen LogP contribution is 2.39. The van der Waals surface area contributed by atoms with Crippen molar-refractivity contribution < 1.29 is 9.90 Å². The van der Waals surface area contributed by atoms with Crippen LogP contribution < -0.4 is 4.90 Å². The van der Waals surface area contributed by atoms with Crippen molar-refractivity contribution in [2.45, 2.75) is 58.4 Å². The van der Waals surface area contributed by atoms with Crippen LogP contribution in [0.3, 0.4) is 0 Å². The summed E-state index contributed by atoms with van der Waals surface area (Å²) in [5.74, 6) is 0.761. The predicted octanol–water partition coefficient (Wildman–Crippen LogP) is 4.42. The molecule has 0 radical (unpaired) electrons. The summed E-state index contributed by atoms with van der Waals surface area (Å²) >= 11 is 0. The molecule has 3 heteroatoms. The number of Topliss-reactive ketones (excluding diaryl/α,β-unsaturated/α-hetero) is 1. The van der Waals surface area contributed by atoms with E-state index < -0.39 is 0 Å². The summed E-state index contributed by atoms with van der Waals surface area (Å²) < 4.78 is 0. The third-order valence-corrected chi connectivity index (χ3v) is 5.41. The summed E-state index contributed by atoms with van der Waals surface area (Å²) in [6.45, 7) is 4.20. The van der Waals surface area contributed by atoms with Crippen LogP contribution in [0.15, 0.2) is 35.6 Å². The molecule has 1 heterocycles. The molecule has 0 bridgehead atoms. The van der Waals surface area contributed by atoms with Crippen molar-refractivity contribution in [3.63, 3.8) is 0 Å². The molecule has 0 aromatic heterocycles. The number of benzene rings is 1. The van der Waals surface area contributed by atoms with Crippen LogP contribution in [0.1, 0.15) is 51.5 Å². The zero-order valence-corrected chi connectivity index (χ0v) is 14.2. The fraction of sp³-hybridized carbons (Fsp3) is 0.550. The molecule has 2 aliphatic rings. The van der Waals surface area contributed by atoms with Gasteiger partial charge in [-0.15, -0.1) is 0 Å². The summed E-state index contributed by atoms with van der Waals surface area (Å²) in [6.07, 6.45) is 7.08. The monoisotopic (exact) mass is 313 g/mol. The zero-order valence-electron chi connectivity index (χ0n) is 14.2. The SMILES string of the molecule is CCc1ccc(N2CC(O)=C(C(C)=O)C2C2CCCCC2)cc1. The predicted molar refractivity (Wildman–Crippen MR) is 93.9 cm³/mol. The number of aliphatic hydroxyl groups is 1. The van der Waals surface area contributed by atoms with Crippen LogP contribution in [0.4, 0.5) is 5.69 Å². The van der Waals surface area contributed by atoms with Crippen molar-refractivity contribution in [1.82, 2.24) is 0 Å². The second-order valence-corrected chi connectivity index (χ2v) is 6.91. The lowest BCUT2D eigenvalue weighted by molar-refractivity contribution is -0.114. The van der Waals surface area contributed by atoms with Gasteiger partial charge in [-0.25, -0.2) is 0 Å². The third kappa shape index (κ3) is 3.15. The Morgan fingerprint density at radius 3 is 2.39 bits per heavy atom. The van der Waals surface area contributed by atoms with E-state index in [-0.39, 0.29) is 17.6 Å². The van der Waals surface area contributed by atoms with E-state index in [1.807, 2.05) is 0 Å². The molecule has 1 atom stereocenters. The van der Waals surface area contributed by atoms with Crippen molar-refractivity contribution in [2.24, 2.45) is 5.92 Å². The lowest BCUT2D eigenvalue weighted by atomic mass is 9.80. The van der Waals surface area contributed by atoms with Crippen molar-refractivity contribution >= 4 is 11.5 Å². The molecule has 1 aliphatic heterocycles. The summed E-state index contributed by atoms with van der Waals surface area (Å²) in [7, 11) is 0. The van der Waals surface area contributed by atoms with Gasteiger partial charge in [-0.2, -0.15) is 0 Å². The molecule has 1 aromatic carbocycles. The van der Waals surface area contributed by atoms with Crippen LogP contribution in [0.5, 0.6) is 0 Å². The number of aliphatic hydroxyl groups excluding tert-OH is 1. The van der Waals surface area contributed by atoms with Gasteiger partial charge < -0.3 is 10.0 Å². The molecule has 1 saturated carbocycles. The highest BCUT2D eigenvalue weighted by molar-refractivity contribution is 5.97. The number of anilines is 1. The van der Waals surface area contributed by atoms with Gasteiger partial charge in [0.25, 0.3) is 0 Å². The summed E-state index contributed by atoms with van der Waals surface area (Å²) in [5.41, 5.74) is 3.07. The molecule has 1 aliphatic carbocycles. The minimum absolute atomic E-state index is 0.0192.